The highest BCUT2D eigenvalue weighted by Crippen LogP contribution is 2.51. The summed E-state index contributed by atoms with van der Waals surface area (Å²) in [5, 5.41) is 4.96. The van der Waals surface area contributed by atoms with Crippen molar-refractivity contribution in [3.05, 3.63) is 169 Å². The number of fused-ring (bicyclic) bond motifs is 6. The Kier molecular flexibility index (Phi) is 5.69. The van der Waals surface area contributed by atoms with Crippen molar-refractivity contribution in [2.24, 2.45) is 0 Å². The molecule has 0 radical (unpaired) electrons. The first-order chi connectivity index (χ1) is 23.5. The number of benzene rings is 8. The fourth-order valence-corrected chi connectivity index (χ4v) is 8.07. The molecule has 8 aromatic carbocycles. The van der Waals surface area contributed by atoms with Gasteiger partial charge in [0.2, 0.25) is 0 Å². The Balaban J connectivity index is 1.00. The van der Waals surface area contributed by atoms with Gasteiger partial charge in [0.15, 0.2) is 0 Å². The van der Waals surface area contributed by atoms with Gasteiger partial charge in [0, 0.05) is 16.4 Å². The summed E-state index contributed by atoms with van der Waals surface area (Å²) in [7, 11) is 0. The predicted molar refractivity (Wildman–Crippen MR) is 201 cm³/mol. The van der Waals surface area contributed by atoms with Crippen LogP contribution in [0.25, 0.3) is 77.2 Å². The van der Waals surface area contributed by atoms with Gasteiger partial charge in [0.25, 0.3) is 0 Å². The molecule has 0 bridgehead atoms. The zero-order valence-corrected chi connectivity index (χ0v) is 26.9. The van der Waals surface area contributed by atoms with Crippen molar-refractivity contribution in [3.63, 3.8) is 0 Å². The van der Waals surface area contributed by atoms with Gasteiger partial charge in [0.1, 0.15) is 11.5 Å². The molecular formula is C47H32O. The molecule has 1 heterocycles. The molecule has 1 aliphatic heterocycles. The van der Waals surface area contributed by atoms with Crippen LogP contribution in [0.5, 0.6) is 11.5 Å². The summed E-state index contributed by atoms with van der Waals surface area (Å²) >= 11 is 0. The Hall–Kier alpha value is -5.92. The first-order valence-electron chi connectivity index (χ1n) is 16.7. The highest BCUT2D eigenvalue weighted by molar-refractivity contribution is 6.06. The minimum absolute atomic E-state index is 0.0578. The molecule has 2 aliphatic rings. The number of rotatable bonds is 3. The van der Waals surface area contributed by atoms with E-state index in [-0.39, 0.29) is 5.41 Å². The normalized spacial score (nSPS) is 13.5. The van der Waals surface area contributed by atoms with E-state index >= 15 is 0 Å². The predicted octanol–water partition coefficient (Wildman–Crippen LogP) is 13.1. The molecule has 0 N–H and O–H groups in total. The minimum Gasteiger partial charge on any atom is -0.456 e. The van der Waals surface area contributed by atoms with Crippen LogP contribution in [-0.4, -0.2) is 0 Å². The molecule has 0 fully saturated rings. The Morgan fingerprint density at radius 3 is 1.79 bits per heavy atom. The second-order valence-corrected chi connectivity index (χ2v) is 13.8. The summed E-state index contributed by atoms with van der Waals surface area (Å²) in [5.74, 6) is 1.81. The van der Waals surface area contributed by atoms with Crippen molar-refractivity contribution in [1.29, 1.82) is 0 Å². The van der Waals surface area contributed by atoms with Crippen molar-refractivity contribution in [3.8, 4) is 67.1 Å². The lowest BCUT2D eigenvalue weighted by atomic mass is 9.81. The molecule has 0 saturated heterocycles. The van der Waals surface area contributed by atoms with Crippen LogP contribution < -0.4 is 4.74 Å². The van der Waals surface area contributed by atoms with Crippen molar-refractivity contribution in [2.45, 2.75) is 19.3 Å². The standard InChI is InChI=1S/C47H32O/c1-47(2)42-27-35(19-21-38(42)40-24-32-11-6-7-12-33(32)26-43(40)47)30-15-17-31(18-16-30)37-23-36-13-8-14-39-41-25-34(29-9-4-3-5-10-29)20-22-44(41)48-45(28-37)46(36)39/h3-28H,1-2H3. The molecule has 1 heteroatoms. The second kappa shape index (κ2) is 10.0. The van der Waals surface area contributed by atoms with Gasteiger partial charge < -0.3 is 4.74 Å². The van der Waals surface area contributed by atoms with E-state index in [2.05, 4.69) is 172 Å². The maximum Gasteiger partial charge on any atom is 0.136 e. The summed E-state index contributed by atoms with van der Waals surface area (Å²) in [6.07, 6.45) is 0. The molecule has 0 aromatic heterocycles. The third kappa shape index (κ3) is 4.04. The number of hydrogen-bond acceptors (Lipinski definition) is 1. The van der Waals surface area contributed by atoms with Crippen LogP contribution in [0.4, 0.5) is 0 Å². The van der Waals surface area contributed by atoms with E-state index in [0.29, 0.717) is 0 Å². The largest absolute Gasteiger partial charge is 0.456 e. The molecule has 48 heavy (non-hydrogen) atoms. The van der Waals surface area contributed by atoms with Crippen molar-refractivity contribution in [1.82, 2.24) is 0 Å². The van der Waals surface area contributed by atoms with E-state index < -0.39 is 0 Å². The maximum absolute atomic E-state index is 6.61. The van der Waals surface area contributed by atoms with Crippen LogP contribution in [0.15, 0.2) is 158 Å². The number of hydrogen-bond donors (Lipinski definition) is 0. The van der Waals surface area contributed by atoms with E-state index in [1.54, 1.807) is 0 Å². The molecule has 0 amide bonds. The molecular weight excluding hydrogens is 581 g/mol. The summed E-state index contributed by atoms with van der Waals surface area (Å²) in [5.41, 5.74) is 15.0. The summed E-state index contributed by atoms with van der Waals surface area (Å²) < 4.78 is 6.61. The average molecular weight is 613 g/mol. The van der Waals surface area contributed by atoms with Gasteiger partial charge in [-0.3, -0.25) is 0 Å². The molecule has 226 valence electrons. The fourth-order valence-electron chi connectivity index (χ4n) is 8.07. The smallest absolute Gasteiger partial charge is 0.136 e. The van der Waals surface area contributed by atoms with E-state index in [0.717, 1.165) is 22.6 Å². The van der Waals surface area contributed by atoms with Crippen LogP contribution in [-0.2, 0) is 5.41 Å². The van der Waals surface area contributed by atoms with Crippen LogP contribution in [0.1, 0.15) is 25.0 Å². The van der Waals surface area contributed by atoms with Gasteiger partial charge in [-0.2, -0.15) is 0 Å². The molecule has 8 aromatic rings. The minimum atomic E-state index is -0.0578. The lowest BCUT2D eigenvalue weighted by Gasteiger charge is -2.23. The zero-order chi connectivity index (χ0) is 32.0. The topological polar surface area (TPSA) is 9.23 Å². The van der Waals surface area contributed by atoms with Gasteiger partial charge in [-0.05, 0) is 120 Å². The van der Waals surface area contributed by atoms with Crippen molar-refractivity contribution < 1.29 is 4.74 Å². The van der Waals surface area contributed by atoms with Gasteiger partial charge >= 0.3 is 0 Å². The van der Waals surface area contributed by atoms with Gasteiger partial charge in [-0.15, -0.1) is 0 Å². The Bertz CT molecular complexity index is 2590. The van der Waals surface area contributed by atoms with E-state index in [1.165, 1.54) is 77.2 Å². The van der Waals surface area contributed by atoms with Crippen LogP contribution in [0.3, 0.4) is 0 Å². The van der Waals surface area contributed by atoms with Crippen molar-refractivity contribution >= 4 is 21.5 Å². The van der Waals surface area contributed by atoms with Gasteiger partial charge in [-0.25, -0.2) is 0 Å². The van der Waals surface area contributed by atoms with Crippen molar-refractivity contribution in [2.75, 3.05) is 0 Å². The summed E-state index contributed by atoms with van der Waals surface area (Å²) in [4.78, 5) is 0. The molecule has 1 aliphatic carbocycles. The van der Waals surface area contributed by atoms with Crippen LogP contribution >= 0.6 is 0 Å². The first-order valence-corrected chi connectivity index (χ1v) is 16.7. The van der Waals surface area contributed by atoms with E-state index in [9.17, 15) is 0 Å². The summed E-state index contributed by atoms with van der Waals surface area (Å²) in [6, 6.07) is 57.6. The first kappa shape index (κ1) is 27.2. The fraction of sp³-hybridized carbons (Fsp3) is 0.0638. The van der Waals surface area contributed by atoms with E-state index in [1.807, 2.05) is 0 Å². The molecule has 0 unspecified atom stereocenters. The third-order valence-corrected chi connectivity index (χ3v) is 10.6. The molecule has 0 spiro atoms. The number of ether oxygens (including phenoxy) is 1. The maximum atomic E-state index is 6.61. The highest BCUT2D eigenvalue weighted by atomic mass is 16.5. The average Bonchev–Trinajstić information content (AvgIpc) is 3.35. The van der Waals surface area contributed by atoms with Crippen LogP contribution in [0.2, 0.25) is 0 Å². The molecule has 0 atom stereocenters. The second-order valence-electron chi connectivity index (χ2n) is 13.8. The highest BCUT2D eigenvalue weighted by Gasteiger charge is 2.36. The quantitative estimate of drug-likeness (QED) is 0.193. The van der Waals surface area contributed by atoms with Crippen LogP contribution in [0, 0.1) is 0 Å². The van der Waals surface area contributed by atoms with E-state index in [4.69, 9.17) is 4.74 Å². The third-order valence-electron chi connectivity index (χ3n) is 10.6. The van der Waals surface area contributed by atoms with Gasteiger partial charge in [-0.1, -0.05) is 129 Å². The Morgan fingerprint density at radius 1 is 0.354 bits per heavy atom. The monoisotopic (exact) mass is 612 g/mol. The Labute approximate surface area is 280 Å². The zero-order valence-electron chi connectivity index (χ0n) is 26.9. The van der Waals surface area contributed by atoms with Gasteiger partial charge in [0.05, 0.1) is 0 Å². The molecule has 0 saturated carbocycles. The molecule has 1 nitrogen and oxygen atoms in total. The lowest BCUT2D eigenvalue weighted by Crippen LogP contribution is -2.15. The Morgan fingerprint density at radius 2 is 0.979 bits per heavy atom. The molecule has 10 rings (SSSR count). The lowest BCUT2D eigenvalue weighted by molar-refractivity contribution is 0.487. The summed E-state index contributed by atoms with van der Waals surface area (Å²) in [6.45, 7) is 4.72. The SMILES string of the molecule is CC1(C)c2cc(-c3ccc(-c4cc5c6c(cccc6c4)-c4cc(-c6ccccc6)ccc4O5)cc3)ccc2-c2cc3ccccc3cc21.